The minimum absolute atomic E-state index is 0.0301. The lowest BCUT2D eigenvalue weighted by atomic mass is 9.99. The van der Waals surface area contributed by atoms with Crippen molar-refractivity contribution in [2.75, 3.05) is 19.7 Å². The van der Waals surface area contributed by atoms with E-state index in [2.05, 4.69) is 32.0 Å². The molecule has 7 heteroatoms. The number of likely N-dealkylation sites (tertiary alicyclic amines) is 1. The Morgan fingerprint density at radius 1 is 0.977 bits per heavy atom. The van der Waals surface area contributed by atoms with Gasteiger partial charge in [-0.2, -0.15) is 0 Å². The molecule has 0 bridgehead atoms. The molecule has 0 aliphatic carbocycles. The third-order valence-corrected chi connectivity index (χ3v) is 8.80. The van der Waals surface area contributed by atoms with Gasteiger partial charge >= 0.3 is 0 Å². The molecule has 43 heavy (non-hydrogen) atoms. The minimum Gasteiger partial charge on any atom is -0.494 e. The van der Waals surface area contributed by atoms with Crippen molar-refractivity contribution < 1.29 is 9.53 Å². The van der Waals surface area contributed by atoms with Gasteiger partial charge in [0, 0.05) is 24.0 Å². The average Bonchev–Trinajstić information content (AvgIpc) is 3.51. The zero-order valence-electron chi connectivity index (χ0n) is 25.9. The molecule has 1 saturated heterocycles. The molecule has 3 heterocycles. The first kappa shape index (κ1) is 30.5. The zero-order chi connectivity index (χ0) is 30.5. The van der Waals surface area contributed by atoms with Gasteiger partial charge in [0.15, 0.2) is 0 Å². The second-order valence-corrected chi connectivity index (χ2v) is 12.1. The van der Waals surface area contributed by atoms with Gasteiger partial charge in [-0.3, -0.25) is 14.2 Å². The summed E-state index contributed by atoms with van der Waals surface area (Å²) in [5, 5.41) is 2.58. The van der Waals surface area contributed by atoms with Crippen molar-refractivity contribution in [3.05, 3.63) is 92.2 Å². The third-order valence-electron chi connectivity index (χ3n) is 7.92. The fourth-order valence-corrected chi connectivity index (χ4v) is 6.62. The molecule has 4 aromatic rings. The van der Waals surface area contributed by atoms with Crippen molar-refractivity contribution in [1.29, 1.82) is 0 Å². The smallest absolute Gasteiger partial charge is 0.265 e. The summed E-state index contributed by atoms with van der Waals surface area (Å²) in [5.74, 6) is 0.777. The largest absolute Gasteiger partial charge is 0.494 e. The molecule has 0 radical (unpaired) electrons. The molecule has 2 aromatic heterocycles. The summed E-state index contributed by atoms with van der Waals surface area (Å²) < 4.78 is 7.40. The summed E-state index contributed by atoms with van der Waals surface area (Å²) in [4.78, 5) is 35.8. The molecule has 5 rings (SSSR count). The number of allylic oxidation sites excluding steroid dienone is 1. The van der Waals surface area contributed by atoms with Crippen LogP contribution < -0.4 is 10.3 Å². The van der Waals surface area contributed by atoms with Gasteiger partial charge in [-0.15, -0.1) is 11.3 Å². The number of amides is 1. The van der Waals surface area contributed by atoms with Crippen LogP contribution in [0.2, 0.25) is 0 Å². The molecule has 224 valence electrons. The Balaban J connectivity index is 1.77. The number of nitrogens with zero attached hydrogens (tertiary/aromatic N) is 3. The molecule has 6 nitrogen and oxygen atoms in total. The first-order valence-electron chi connectivity index (χ1n) is 15.4. The van der Waals surface area contributed by atoms with E-state index in [9.17, 15) is 9.59 Å². The van der Waals surface area contributed by atoms with Crippen LogP contribution in [0.4, 0.5) is 0 Å². The number of piperidine rings is 1. The number of aromatic nitrogens is 2. The van der Waals surface area contributed by atoms with Gasteiger partial charge in [0.2, 0.25) is 0 Å². The van der Waals surface area contributed by atoms with Crippen LogP contribution in [0.25, 0.3) is 33.6 Å². The number of para-hydroxylation sites is 1. The summed E-state index contributed by atoms with van der Waals surface area (Å²) >= 11 is 1.43. The highest BCUT2D eigenvalue weighted by Crippen LogP contribution is 2.32. The number of hydrogen-bond acceptors (Lipinski definition) is 5. The van der Waals surface area contributed by atoms with Gasteiger partial charge in [-0.05, 0) is 100 Å². The Kier molecular flexibility index (Phi) is 9.61. The maximum absolute atomic E-state index is 14.7. The molecule has 2 aromatic carbocycles. The van der Waals surface area contributed by atoms with Gasteiger partial charge in [-0.1, -0.05) is 37.6 Å². The van der Waals surface area contributed by atoms with Gasteiger partial charge in [0.05, 0.1) is 34.8 Å². The minimum atomic E-state index is -0.161. The molecule has 0 unspecified atom stereocenters. The monoisotopic (exact) mass is 595 g/mol. The van der Waals surface area contributed by atoms with Crippen LogP contribution in [0.5, 0.6) is 5.75 Å². The maximum Gasteiger partial charge on any atom is 0.265 e. The predicted molar refractivity (Wildman–Crippen MR) is 178 cm³/mol. The summed E-state index contributed by atoms with van der Waals surface area (Å²) in [6, 6.07) is 15.8. The fraction of sp³-hybridized carbons (Fsp3) is 0.361. The molecule has 1 aliphatic rings. The molecular formula is C36H41N3O3S. The number of carbonyl (C=O) groups is 1. The van der Waals surface area contributed by atoms with Crippen LogP contribution in [-0.4, -0.2) is 40.1 Å². The summed E-state index contributed by atoms with van der Waals surface area (Å²) in [6.07, 6.45) is 6.64. The fourth-order valence-electron chi connectivity index (χ4n) is 5.78. The lowest BCUT2D eigenvalue weighted by Crippen LogP contribution is -2.37. The number of benzene rings is 2. The van der Waals surface area contributed by atoms with Crippen molar-refractivity contribution in [2.24, 2.45) is 0 Å². The lowest BCUT2D eigenvalue weighted by molar-refractivity contribution is 0.0723. The van der Waals surface area contributed by atoms with E-state index in [0.717, 1.165) is 84.6 Å². The number of thiazole rings is 1. The highest BCUT2D eigenvalue weighted by molar-refractivity contribution is 7.13. The predicted octanol–water partition coefficient (Wildman–Crippen LogP) is 8.20. The summed E-state index contributed by atoms with van der Waals surface area (Å²) in [7, 11) is 0. The van der Waals surface area contributed by atoms with Crippen LogP contribution in [-0.2, 0) is 12.8 Å². The highest BCUT2D eigenvalue weighted by atomic mass is 32.1. The van der Waals surface area contributed by atoms with Gasteiger partial charge < -0.3 is 9.64 Å². The van der Waals surface area contributed by atoms with Crippen molar-refractivity contribution in [2.45, 2.75) is 66.7 Å². The first-order valence-corrected chi connectivity index (χ1v) is 16.3. The molecule has 1 aliphatic heterocycles. The standard InChI is InChI=1S/C36H41N3O3S/c1-6-25-13-12-14-26(7-2)33(25)39-32(21-24(4)5)29(35(40)38-19-10-9-11-20-38)22-30(36(39)41)34-37-31(23-43-34)27-15-17-28(18-16-27)42-8-3/h12-18,21-23H,6-11,19-20H2,1-5H3. The molecule has 0 spiro atoms. The number of aryl methyl sites for hydroxylation is 2. The third kappa shape index (κ3) is 6.37. The van der Waals surface area contributed by atoms with Crippen LogP contribution >= 0.6 is 11.3 Å². The zero-order valence-corrected chi connectivity index (χ0v) is 26.7. The SMILES string of the molecule is CCOc1ccc(-c2csc(-c3cc(C(=O)N4CCCCC4)c(C=C(C)C)n(-c4c(CC)cccc4CC)c3=O)n2)cc1. The second kappa shape index (κ2) is 13.6. The van der Waals surface area contributed by atoms with Gasteiger partial charge in [-0.25, -0.2) is 4.98 Å². The number of carbonyl (C=O) groups excluding carboxylic acids is 1. The molecule has 0 N–H and O–H groups in total. The van der Waals surface area contributed by atoms with E-state index in [1.165, 1.54) is 11.3 Å². The lowest BCUT2D eigenvalue weighted by Gasteiger charge is -2.28. The van der Waals surface area contributed by atoms with Crippen LogP contribution in [0.15, 0.2) is 64.3 Å². The van der Waals surface area contributed by atoms with Crippen molar-refractivity contribution in [1.82, 2.24) is 14.5 Å². The Morgan fingerprint density at radius 2 is 1.65 bits per heavy atom. The molecular weight excluding hydrogens is 554 g/mol. The van der Waals surface area contributed by atoms with E-state index in [1.54, 1.807) is 10.6 Å². The van der Waals surface area contributed by atoms with Crippen molar-refractivity contribution in [3.8, 4) is 33.3 Å². The van der Waals surface area contributed by atoms with Crippen LogP contribution in [0.1, 0.15) is 81.1 Å². The van der Waals surface area contributed by atoms with E-state index in [0.29, 0.717) is 28.4 Å². The molecule has 1 fully saturated rings. The maximum atomic E-state index is 14.7. The number of rotatable bonds is 9. The van der Waals surface area contributed by atoms with E-state index < -0.39 is 0 Å². The molecule has 0 saturated carbocycles. The van der Waals surface area contributed by atoms with Crippen LogP contribution in [0, 0.1) is 0 Å². The number of hydrogen-bond donors (Lipinski definition) is 0. The number of pyridine rings is 1. The highest BCUT2D eigenvalue weighted by Gasteiger charge is 2.27. The summed E-state index contributed by atoms with van der Waals surface area (Å²) in [6.45, 7) is 12.3. The Bertz CT molecular complexity index is 1670. The van der Waals surface area contributed by atoms with E-state index in [-0.39, 0.29) is 11.5 Å². The summed E-state index contributed by atoms with van der Waals surface area (Å²) in [5.41, 5.74) is 7.26. The van der Waals surface area contributed by atoms with Crippen molar-refractivity contribution in [3.63, 3.8) is 0 Å². The Hall–Kier alpha value is -3.97. The van der Waals surface area contributed by atoms with E-state index in [1.807, 2.05) is 61.4 Å². The molecule has 1 amide bonds. The Labute approximate surface area is 258 Å². The quantitative estimate of drug-likeness (QED) is 0.196. The molecule has 0 atom stereocenters. The van der Waals surface area contributed by atoms with Gasteiger partial charge in [0.1, 0.15) is 10.8 Å². The Morgan fingerprint density at radius 3 is 2.26 bits per heavy atom. The topological polar surface area (TPSA) is 64.4 Å². The average molecular weight is 596 g/mol. The number of ether oxygens (including phenoxy) is 1. The van der Waals surface area contributed by atoms with E-state index in [4.69, 9.17) is 9.72 Å². The first-order chi connectivity index (χ1) is 20.9. The van der Waals surface area contributed by atoms with Crippen LogP contribution in [0.3, 0.4) is 0 Å². The normalized spacial score (nSPS) is 13.2. The van der Waals surface area contributed by atoms with E-state index >= 15 is 0 Å². The van der Waals surface area contributed by atoms with Crippen molar-refractivity contribution >= 4 is 23.3 Å². The van der Waals surface area contributed by atoms with Gasteiger partial charge in [0.25, 0.3) is 11.5 Å². The second-order valence-electron chi connectivity index (χ2n) is 11.2.